The molecule has 4 aromatic carbocycles. The summed E-state index contributed by atoms with van der Waals surface area (Å²) in [5.74, 6) is 1.64. The second-order valence-electron chi connectivity index (χ2n) is 12.9. The quantitative estimate of drug-likeness (QED) is 0.148. The molecule has 0 amide bonds. The molecule has 9 heteroatoms. The summed E-state index contributed by atoms with van der Waals surface area (Å²) in [6, 6.07) is 44.6. The molecule has 262 valence electrons. The van der Waals surface area contributed by atoms with E-state index in [2.05, 4.69) is 83.4 Å². The van der Waals surface area contributed by atoms with Gasteiger partial charge in [-0.05, 0) is 119 Å². The first-order valence-corrected chi connectivity index (χ1v) is 17.6. The van der Waals surface area contributed by atoms with Gasteiger partial charge in [0.25, 0.3) is 0 Å². The zero-order chi connectivity index (χ0) is 36.4. The van der Waals surface area contributed by atoms with Crippen molar-refractivity contribution >= 4 is 69.1 Å². The van der Waals surface area contributed by atoms with Gasteiger partial charge >= 0.3 is 19.5 Å². The van der Waals surface area contributed by atoms with Gasteiger partial charge in [0.2, 0.25) is 0 Å². The Morgan fingerprint density at radius 1 is 0.436 bits per heavy atom. The first-order valence-electron chi connectivity index (χ1n) is 17.6. The molecule has 0 unspecified atom stereocenters. The van der Waals surface area contributed by atoms with E-state index in [4.69, 9.17) is 29.4 Å². The molecule has 0 saturated heterocycles. The Morgan fingerprint density at radius 2 is 0.800 bits per heavy atom. The van der Waals surface area contributed by atoms with Crippen molar-refractivity contribution in [2.75, 3.05) is 24.9 Å². The van der Waals surface area contributed by atoms with Crippen molar-refractivity contribution in [2.24, 2.45) is 0 Å². The monoisotopic (exact) mass is 766 g/mol. The second kappa shape index (κ2) is 15.3. The zero-order valence-electron chi connectivity index (χ0n) is 30.3. The van der Waals surface area contributed by atoms with Crippen molar-refractivity contribution in [1.29, 1.82) is 0 Å². The Morgan fingerprint density at radius 3 is 1.16 bits per heavy atom. The van der Waals surface area contributed by atoms with Crippen molar-refractivity contribution in [3.63, 3.8) is 0 Å². The summed E-state index contributed by atoms with van der Waals surface area (Å²) >= 11 is 0. The summed E-state index contributed by atoms with van der Waals surface area (Å²) in [6.07, 6.45) is 8.16. The number of fused-ring (bicyclic) bond motifs is 8. The molecule has 0 radical (unpaired) electrons. The van der Waals surface area contributed by atoms with Gasteiger partial charge in [0.05, 0.1) is 37.0 Å². The average molecular weight is 768 g/mol. The molecule has 0 saturated carbocycles. The molecule has 8 nitrogen and oxygen atoms in total. The Kier molecular flexibility index (Phi) is 9.86. The van der Waals surface area contributed by atoms with Crippen LogP contribution in [0.25, 0.3) is 68.6 Å². The van der Waals surface area contributed by atoms with E-state index in [9.17, 15) is 0 Å². The van der Waals surface area contributed by atoms with Crippen LogP contribution in [0.1, 0.15) is 22.8 Å². The van der Waals surface area contributed by atoms with E-state index >= 15 is 0 Å². The molecular weight excluding hydrogens is 734 g/mol. The molecular formula is C46H34N6O2Zn. The molecule has 2 N–H and O–H groups in total. The number of methoxy groups -OCH3 is 2. The van der Waals surface area contributed by atoms with Gasteiger partial charge in [-0.1, -0.05) is 60.7 Å². The molecule has 2 aliphatic rings. The van der Waals surface area contributed by atoms with Crippen molar-refractivity contribution in [1.82, 2.24) is 19.9 Å². The van der Waals surface area contributed by atoms with Crippen LogP contribution < -0.4 is 30.1 Å². The number of hydrogen-bond acceptors (Lipinski definition) is 6. The normalized spacial score (nSPS) is 11.5. The summed E-state index contributed by atoms with van der Waals surface area (Å²) in [4.78, 5) is 20.3. The Balaban J connectivity index is 0.00000427. The summed E-state index contributed by atoms with van der Waals surface area (Å²) in [5, 5.41) is 6.94. The molecule has 2 aliphatic heterocycles. The number of ether oxygens (including phenoxy) is 2. The van der Waals surface area contributed by atoms with Gasteiger partial charge in [0.15, 0.2) is 0 Å². The Bertz CT molecular complexity index is 2520. The Labute approximate surface area is 331 Å². The third-order valence-electron chi connectivity index (χ3n) is 9.37. The van der Waals surface area contributed by atoms with Gasteiger partial charge in [-0.25, -0.2) is 9.97 Å². The number of benzene rings is 4. The molecule has 0 atom stereocenters. The second-order valence-corrected chi connectivity index (χ2v) is 12.9. The van der Waals surface area contributed by atoms with Crippen molar-refractivity contribution in [3.05, 3.63) is 156 Å². The SMILES string of the molecule is COc1ccc(Nc2ccc(-c3c4nc(cc5ccc([n-]5)c(-c5ccc(Nc6ccc(OC)cc6)cc5)c5nc(cc6ccc3[n-]6)C=C5)C=C4)cc2)cc1.[Zn+2]. The minimum Gasteiger partial charge on any atom is -0.657 e. The van der Waals surface area contributed by atoms with Gasteiger partial charge in [-0.3, -0.25) is 0 Å². The molecule has 3 aromatic heterocycles. The maximum Gasteiger partial charge on any atom is 2.00 e. The molecule has 0 spiro atoms. The topological polar surface area (TPSA) is 96.5 Å². The molecule has 8 bridgehead atoms. The minimum absolute atomic E-state index is 0. The molecule has 0 aliphatic carbocycles. The Hall–Kier alpha value is -6.70. The van der Waals surface area contributed by atoms with E-state index in [1.807, 2.05) is 84.9 Å². The van der Waals surface area contributed by atoms with Crippen LogP contribution in [0.5, 0.6) is 11.5 Å². The van der Waals surface area contributed by atoms with E-state index < -0.39 is 0 Å². The van der Waals surface area contributed by atoms with Crippen LogP contribution >= 0.6 is 0 Å². The van der Waals surface area contributed by atoms with Crippen LogP contribution in [-0.4, -0.2) is 24.2 Å². The van der Waals surface area contributed by atoms with Crippen LogP contribution in [0.15, 0.2) is 133 Å². The fraction of sp³-hybridized carbons (Fsp3) is 0.0435. The fourth-order valence-corrected chi connectivity index (χ4v) is 6.67. The molecule has 7 aromatic rings. The van der Waals surface area contributed by atoms with Crippen molar-refractivity contribution in [2.45, 2.75) is 0 Å². The van der Waals surface area contributed by atoms with Crippen LogP contribution in [-0.2, 0) is 19.5 Å². The molecule has 5 heterocycles. The van der Waals surface area contributed by atoms with E-state index in [-0.39, 0.29) is 19.5 Å². The van der Waals surface area contributed by atoms with Crippen molar-refractivity contribution < 1.29 is 29.0 Å². The largest absolute Gasteiger partial charge is 2.00 e. The average Bonchev–Trinajstić information content (AvgIpc) is 4.04. The standard InChI is InChI=1S/C46H34N6O2.Zn/c1-53-39-19-11-33(12-20-39)47-31-7-3-29(4-8-31)45-41-23-15-35(49-41)27-37-17-25-43(51-37)46(44-26-18-38(52-44)28-36-16-24-42(45)50-36)30-5-9-32(10-6-30)48-34-13-21-40(54-2)22-14-34;/h3-28,47-48H,1-2H3;/q-2;+2. The van der Waals surface area contributed by atoms with Crippen molar-refractivity contribution in [3.8, 4) is 33.8 Å². The van der Waals surface area contributed by atoms with E-state index in [0.29, 0.717) is 0 Å². The van der Waals surface area contributed by atoms with Crippen LogP contribution in [0.2, 0.25) is 0 Å². The third-order valence-corrected chi connectivity index (χ3v) is 9.37. The van der Waals surface area contributed by atoms with E-state index in [0.717, 1.165) is 101 Å². The minimum atomic E-state index is 0. The number of nitrogens with one attached hydrogen (secondary N) is 2. The summed E-state index contributed by atoms with van der Waals surface area (Å²) in [7, 11) is 3.33. The maximum absolute atomic E-state index is 5.30. The number of hydrogen-bond donors (Lipinski definition) is 2. The molecule has 0 fully saturated rings. The van der Waals surface area contributed by atoms with Gasteiger partial charge in [0, 0.05) is 22.7 Å². The smallest absolute Gasteiger partial charge is 0.657 e. The number of aromatic nitrogens is 4. The summed E-state index contributed by atoms with van der Waals surface area (Å²) in [6.45, 7) is 0. The fourth-order valence-electron chi connectivity index (χ4n) is 6.67. The first kappa shape index (κ1) is 35.3. The van der Waals surface area contributed by atoms with Gasteiger partial charge in [-0.2, -0.15) is 0 Å². The zero-order valence-corrected chi connectivity index (χ0v) is 33.3. The number of anilines is 4. The summed E-state index contributed by atoms with van der Waals surface area (Å²) < 4.78 is 10.6. The number of rotatable bonds is 8. The van der Waals surface area contributed by atoms with Crippen LogP contribution in [0.3, 0.4) is 0 Å². The van der Waals surface area contributed by atoms with Gasteiger partial charge < -0.3 is 30.1 Å². The molecule has 9 rings (SSSR count). The third kappa shape index (κ3) is 7.56. The van der Waals surface area contributed by atoms with E-state index in [1.54, 1.807) is 14.2 Å². The predicted octanol–water partition coefficient (Wildman–Crippen LogP) is 10.7. The summed E-state index contributed by atoms with van der Waals surface area (Å²) in [5.41, 5.74) is 14.5. The number of nitrogens with zero attached hydrogens (tertiary/aromatic N) is 4. The first-order chi connectivity index (χ1) is 26.6. The van der Waals surface area contributed by atoms with Crippen LogP contribution in [0, 0.1) is 0 Å². The molecule has 55 heavy (non-hydrogen) atoms. The maximum atomic E-state index is 5.30. The predicted molar refractivity (Wildman–Crippen MR) is 220 cm³/mol. The van der Waals surface area contributed by atoms with Gasteiger partial charge in [-0.15, -0.1) is 22.1 Å². The van der Waals surface area contributed by atoms with E-state index in [1.165, 1.54) is 0 Å². The van der Waals surface area contributed by atoms with Crippen LogP contribution in [0.4, 0.5) is 22.7 Å². The van der Waals surface area contributed by atoms with Gasteiger partial charge in [0.1, 0.15) is 11.5 Å².